The molecule has 3 aromatic carbocycles. The quantitative estimate of drug-likeness (QED) is 0.394. The number of rotatable bonds is 7. The van der Waals surface area contributed by atoms with Crippen molar-refractivity contribution in [2.75, 3.05) is 20.5 Å². The molecule has 0 aliphatic rings. The summed E-state index contributed by atoms with van der Waals surface area (Å²) in [5.41, 5.74) is 3.15. The lowest BCUT2D eigenvalue weighted by Gasteiger charge is -2.10. The van der Waals surface area contributed by atoms with Crippen LogP contribution < -0.4 is 9.47 Å². The molecule has 0 radical (unpaired) electrons. The zero-order valence-electron chi connectivity index (χ0n) is 18.0. The molecule has 7 heteroatoms. The van der Waals surface area contributed by atoms with Gasteiger partial charge in [-0.2, -0.15) is 0 Å². The van der Waals surface area contributed by atoms with E-state index in [0.717, 1.165) is 16.7 Å². The maximum Gasteiger partial charge on any atom is 0.199 e. The fourth-order valence-corrected chi connectivity index (χ4v) is 4.07. The molecule has 1 heterocycles. The SMILES string of the molecule is COc1ccc(-c2oc(Cc3ccccc3)nc2-c2ccc(S(C)(=O)=O)cc2)c(OC)c1. The Morgan fingerprint density at radius 2 is 1.62 bits per heavy atom. The highest BCUT2D eigenvalue weighted by Crippen LogP contribution is 2.40. The predicted molar refractivity (Wildman–Crippen MR) is 123 cm³/mol. The van der Waals surface area contributed by atoms with Gasteiger partial charge in [0, 0.05) is 24.3 Å². The van der Waals surface area contributed by atoms with Gasteiger partial charge in [0.2, 0.25) is 0 Å². The molecule has 0 aliphatic heterocycles. The summed E-state index contributed by atoms with van der Waals surface area (Å²) in [5, 5.41) is 0. The Bertz CT molecular complexity index is 1330. The van der Waals surface area contributed by atoms with Crippen molar-refractivity contribution in [3.63, 3.8) is 0 Å². The third-order valence-corrected chi connectivity index (χ3v) is 6.21. The van der Waals surface area contributed by atoms with Crippen molar-refractivity contribution in [2.24, 2.45) is 0 Å². The number of aromatic nitrogens is 1. The Hall–Kier alpha value is -3.58. The summed E-state index contributed by atoms with van der Waals surface area (Å²) in [6.45, 7) is 0. The Balaban J connectivity index is 1.84. The molecule has 0 saturated heterocycles. The fraction of sp³-hybridized carbons (Fsp3) is 0.160. The number of benzene rings is 3. The summed E-state index contributed by atoms with van der Waals surface area (Å²) in [7, 11) is -0.119. The fourth-order valence-electron chi connectivity index (χ4n) is 3.43. The smallest absolute Gasteiger partial charge is 0.199 e. The number of sulfone groups is 1. The van der Waals surface area contributed by atoms with Crippen molar-refractivity contribution in [1.82, 2.24) is 4.98 Å². The third kappa shape index (κ3) is 4.53. The summed E-state index contributed by atoms with van der Waals surface area (Å²) in [6.07, 6.45) is 1.71. The van der Waals surface area contributed by atoms with E-state index in [0.29, 0.717) is 35.3 Å². The second kappa shape index (κ2) is 8.88. The number of oxazole rings is 1. The molecule has 1 aromatic heterocycles. The lowest BCUT2D eigenvalue weighted by molar-refractivity contribution is 0.394. The standard InChI is InChI=1S/C25H23NO5S/c1-29-19-11-14-21(22(16-19)30-2)25-24(18-9-12-20(13-10-18)32(3,27)28)26-23(31-25)15-17-7-5-4-6-8-17/h4-14,16H,15H2,1-3H3. The number of methoxy groups -OCH3 is 2. The minimum absolute atomic E-state index is 0.248. The lowest BCUT2D eigenvalue weighted by atomic mass is 10.0. The molecule has 4 rings (SSSR count). The van der Waals surface area contributed by atoms with E-state index in [1.807, 2.05) is 42.5 Å². The first-order chi connectivity index (χ1) is 15.4. The molecule has 0 bridgehead atoms. The van der Waals surface area contributed by atoms with Crippen LogP contribution in [0.2, 0.25) is 0 Å². The monoisotopic (exact) mass is 449 g/mol. The summed E-state index contributed by atoms with van der Waals surface area (Å²) >= 11 is 0. The van der Waals surface area contributed by atoms with Crippen LogP contribution in [0.15, 0.2) is 82.1 Å². The second-order valence-corrected chi connectivity index (χ2v) is 9.33. The van der Waals surface area contributed by atoms with Gasteiger partial charge in [-0.05, 0) is 29.8 Å². The molecule has 6 nitrogen and oxygen atoms in total. The number of hydrogen-bond donors (Lipinski definition) is 0. The van der Waals surface area contributed by atoms with Crippen molar-refractivity contribution in [2.45, 2.75) is 11.3 Å². The third-order valence-electron chi connectivity index (χ3n) is 5.08. The molecule has 0 aliphatic carbocycles. The van der Waals surface area contributed by atoms with Gasteiger partial charge < -0.3 is 13.9 Å². The Morgan fingerprint density at radius 3 is 2.25 bits per heavy atom. The topological polar surface area (TPSA) is 78.6 Å². The predicted octanol–water partition coefficient (Wildman–Crippen LogP) is 5.02. The van der Waals surface area contributed by atoms with Crippen LogP contribution in [0.1, 0.15) is 11.5 Å². The van der Waals surface area contributed by atoms with Crippen LogP contribution in [0.4, 0.5) is 0 Å². The molecule has 4 aromatic rings. The molecule has 0 amide bonds. The summed E-state index contributed by atoms with van der Waals surface area (Å²) < 4.78 is 40.8. The molecule has 0 saturated carbocycles. The minimum atomic E-state index is -3.30. The normalized spacial score (nSPS) is 11.3. The van der Waals surface area contributed by atoms with Crippen molar-refractivity contribution in [1.29, 1.82) is 0 Å². The highest BCUT2D eigenvalue weighted by Gasteiger charge is 2.21. The Labute approximate surface area is 187 Å². The Morgan fingerprint density at radius 1 is 0.906 bits per heavy atom. The maximum absolute atomic E-state index is 11.9. The molecule has 164 valence electrons. The highest BCUT2D eigenvalue weighted by molar-refractivity contribution is 7.90. The van der Waals surface area contributed by atoms with E-state index in [9.17, 15) is 8.42 Å². The molecule has 0 spiro atoms. The summed E-state index contributed by atoms with van der Waals surface area (Å²) in [5.74, 6) is 2.34. The van der Waals surface area contributed by atoms with E-state index in [4.69, 9.17) is 18.9 Å². The van der Waals surface area contributed by atoms with Gasteiger partial charge in [-0.3, -0.25) is 0 Å². The van der Waals surface area contributed by atoms with Crippen molar-refractivity contribution in [3.05, 3.63) is 84.3 Å². The van der Waals surface area contributed by atoms with Crippen LogP contribution >= 0.6 is 0 Å². The highest BCUT2D eigenvalue weighted by atomic mass is 32.2. The zero-order chi connectivity index (χ0) is 22.7. The van der Waals surface area contributed by atoms with Crippen LogP contribution in [0.25, 0.3) is 22.6 Å². The Kier molecular flexibility index (Phi) is 6.01. The zero-order valence-corrected chi connectivity index (χ0v) is 18.8. The van der Waals surface area contributed by atoms with Gasteiger partial charge in [0.25, 0.3) is 0 Å². The molecular weight excluding hydrogens is 426 g/mol. The van der Waals surface area contributed by atoms with Crippen molar-refractivity contribution in [3.8, 4) is 34.1 Å². The van der Waals surface area contributed by atoms with E-state index in [1.165, 1.54) is 6.26 Å². The van der Waals surface area contributed by atoms with E-state index in [-0.39, 0.29) is 4.90 Å². The minimum Gasteiger partial charge on any atom is -0.497 e. The first-order valence-corrected chi connectivity index (χ1v) is 11.8. The van der Waals surface area contributed by atoms with Gasteiger partial charge >= 0.3 is 0 Å². The lowest BCUT2D eigenvalue weighted by Crippen LogP contribution is -1.96. The van der Waals surface area contributed by atoms with Crippen molar-refractivity contribution >= 4 is 9.84 Å². The van der Waals surface area contributed by atoms with Gasteiger partial charge in [0.1, 0.15) is 17.2 Å². The number of nitrogens with zero attached hydrogens (tertiary/aromatic N) is 1. The molecule has 0 fully saturated rings. The van der Waals surface area contributed by atoms with Crippen LogP contribution in [-0.2, 0) is 16.3 Å². The number of ether oxygens (including phenoxy) is 2. The summed E-state index contributed by atoms with van der Waals surface area (Å²) in [6, 6.07) is 22.0. The summed E-state index contributed by atoms with van der Waals surface area (Å²) in [4.78, 5) is 5.01. The van der Waals surface area contributed by atoms with E-state index < -0.39 is 9.84 Å². The van der Waals surface area contributed by atoms with Gasteiger partial charge in [0.05, 0.1) is 24.7 Å². The number of hydrogen-bond acceptors (Lipinski definition) is 6. The van der Waals surface area contributed by atoms with Crippen LogP contribution in [0.3, 0.4) is 0 Å². The first kappa shape index (κ1) is 21.6. The van der Waals surface area contributed by atoms with E-state index >= 15 is 0 Å². The average molecular weight is 450 g/mol. The van der Waals surface area contributed by atoms with Crippen LogP contribution in [0, 0.1) is 0 Å². The largest absolute Gasteiger partial charge is 0.497 e. The van der Waals surface area contributed by atoms with E-state index in [1.54, 1.807) is 44.6 Å². The molecule has 0 atom stereocenters. The molecule has 0 N–H and O–H groups in total. The van der Waals surface area contributed by atoms with Crippen LogP contribution in [-0.4, -0.2) is 33.9 Å². The first-order valence-electron chi connectivity index (χ1n) is 9.95. The van der Waals surface area contributed by atoms with Gasteiger partial charge in [-0.15, -0.1) is 0 Å². The van der Waals surface area contributed by atoms with E-state index in [2.05, 4.69) is 0 Å². The van der Waals surface area contributed by atoms with Gasteiger partial charge in [-0.25, -0.2) is 13.4 Å². The molecule has 32 heavy (non-hydrogen) atoms. The average Bonchev–Trinajstić information content (AvgIpc) is 3.22. The molecule has 0 unspecified atom stereocenters. The van der Waals surface area contributed by atoms with Crippen molar-refractivity contribution < 1.29 is 22.3 Å². The van der Waals surface area contributed by atoms with Gasteiger partial charge in [-0.1, -0.05) is 42.5 Å². The maximum atomic E-state index is 11.9. The van der Waals surface area contributed by atoms with Gasteiger partial charge in [0.15, 0.2) is 21.5 Å². The second-order valence-electron chi connectivity index (χ2n) is 7.31. The van der Waals surface area contributed by atoms with Crippen LogP contribution in [0.5, 0.6) is 11.5 Å². The molecular formula is C25H23NO5S.